The molecule has 1 N–H and O–H groups in total. The van der Waals surface area contributed by atoms with Gasteiger partial charge in [-0.1, -0.05) is 18.2 Å². The Kier molecular flexibility index (Phi) is 7.54. The minimum absolute atomic E-state index is 0.0219. The number of piperidine rings is 1. The Morgan fingerprint density at radius 3 is 2.69 bits per heavy atom. The largest absolute Gasteiger partial charge is 0.460 e. The molecule has 220 valence electrons. The molecule has 3 aromatic heterocycles. The molecular formula is C28H29ClF2N8O3. The molecule has 2 saturated heterocycles. The average Bonchev–Trinajstić information content (AvgIpc) is 3.47. The number of carbonyl (C=O) groups is 1. The zero-order valence-electron chi connectivity index (χ0n) is 22.9. The van der Waals surface area contributed by atoms with Crippen molar-refractivity contribution in [1.29, 1.82) is 0 Å². The number of pyridine rings is 1. The van der Waals surface area contributed by atoms with Gasteiger partial charge in [-0.15, -0.1) is 0 Å². The molecule has 2 fully saturated rings. The highest BCUT2D eigenvalue weighted by atomic mass is 35.5. The zero-order chi connectivity index (χ0) is 29.4. The summed E-state index contributed by atoms with van der Waals surface area (Å²) in [6.07, 6.45) is 4.96. The van der Waals surface area contributed by atoms with Crippen molar-refractivity contribution in [1.82, 2.24) is 34.9 Å². The summed E-state index contributed by atoms with van der Waals surface area (Å²) in [7, 11) is 1.96. The van der Waals surface area contributed by atoms with Gasteiger partial charge >= 0.3 is 6.01 Å². The van der Waals surface area contributed by atoms with Gasteiger partial charge in [0.2, 0.25) is 11.8 Å². The lowest BCUT2D eigenvalue weighted by Gasteiger charge is -2.35. The number of piperazine rings is 1. The molecular weight excluding hydrogens is 570 g/mol. The topological polar surface area (TPSA) is 113 Å². The predicted octanol–water partition coefficient (Wildman–Crippen LogP) is 4.13. The molecule has 4 aromatic rings. The maximum absolute atomic E-state index is 15.6. The molecule has 0 atom stereocenters. The fraction of sp³-hybridized carbons (Fsp3) is 0.393. The van der Waals surface area contributed by atoms with Gasteiger partial charge in [-0.05, 0) is 32.0 Å². The first-order valence-electron chi connectivity index (χ1n) is 13.6. The van der Waals surface area contributed by atoms with Crippen LogP contribution in [0, 0.1) is 5.82 Å². The van der Waals surface area contributed by atoms with Crippen LogP contribution in [0.25, 0.3) is 21.8 Å². The van der Waals surface area contributed by atoms with E-state index in [1.165, 1.54) is 24.5 Å². The smallest absolute Gasteiger partial charge is 0.319 e. The molecule has 5 heterocycles. The molecule has 0 radical (unpaired) electrons. The summed E-state index contributed by atoms with van der Waals surface area (Å²) in [5.74, 6) is -0.265. The van der Waals surface area contributed by atoms with E-state index in [0.717, 1.165) is 0 Å². The van der Waals surface area contributed by atoms with Gasteiger partial charge in [0.1, 0.15) is 34.5 Å². The number of rotatable bonds is 7. The van der Waals surface area contributed by atoms with Crippen LogP contribution < -0.4 is 14.4 Å². The number of fused-ring (bicyclic) bond motifs is 2. The van der Waals surface area contributed by atoms with E-state index >= 15 is 4.39 Å². The monoisotopic (exact) mass is 598 g/mol. The number of aromatic amines is 1. The second-order valence-corrected chi connectivity index (χ2v) is 10.9. The van der Waals surface area contributed by atoms with E-state index in [2.05, 4.69) is 36.6 Å². The predicted molar refractivity (Wildman–Crippen MR) is 154 cm³/mol. The van der Waals surface area contributed by atoms with E-state index in [4.69, 9.17) is 21.1 Å². The van der Waals surface area contributed by atoms with Gasteiger partial charge in [0.25, 0.3) is 0 Å². The first-order chi connectivity index (χ1) is 20.2. The van der Waals surface area contributed by atoms with E-state index in [1.807, 2.05) is 11.9 Å². The molecule has 0 spiro atoms. The van der Waals surface area contributed by atoms with Crippen molar-refractivity contribution >= 4 is 45.1 Å². The van der Waals surface area contributed by atoms with Crippen LogP contribution in [-0.2, 0) is 4.79 Å². The summed E-state index contributed by atoms with van der Waals surface area (Å²) in [4.78, 5) is 31.5. The van der Waals surface area contributed by atoms with Crippen LogP contribution in [0.1, 0.15) is 12.8 Å². The van der Waals surface area contributed by atoms with Crippen LogP contribution in [0.15, 0.2) is 37.2 Å². The van der Waals surface area contributed by atoms with Gasteiger partial charge in [-0.2, -0.15) is 15.1 Å². The number of anilines is 1. The lowest BCUT2D eigenvalue weighted by molar-refractivity contribution is -0.126. The molecule has 0 bridgehead atoms. The lowest BCUT2D eigenvalue weighted by atomic mass is 9.95. The van der Waals surface area contributed by atoms with Crippen molar-refractivity contribution < 1.29 is 23.0 Å². The van der Waals surface area contributed by atoms with Gasteiger partial charge in [0, 0.05) is 51.5 Å². The van der Waals surface area contributed by atoms with Crippen molar-refractivity contribution in [3.63, 3.8) is 0 Å². The second-order valence-electron chi connectivity index (χ2n) is 10.5. The number of nitrogens with one attached hydrogen (secondary N) is 1. The normalized spacial score (nSPS) is 17.5. The van der Waals surface area contributed by atoms with E-state index in [1.54, 1.807) is 11.0 Å². The quantitative estimate of drug-likeness (QED) is 0.314. The summed E-state index contributed by atoms with van der Waals surface area (Å²) < 4.78 is 42.2. The summed E-state index contributed by atoms with van der Waals surface area (Å²) in [6, 6.07) is 2.92. The number of aromatic nitrogens is 5. The fourth-order valence-electron chi connectivity index (χ4n) is 5.20. The van der Waals surface area contributed by atoms with Crippen LogP contribution in [0.2, 0.25) is 5.02 Å². The number of carbonyl (C=O) groups excluding carboxylic acids is 1. The highest BCUT2D eigenvalue weighted by molar-refractivity contribution is 6.33. The summed E-state index contributed by atoms with van der Waals surface area (Å²) >= 11 is 6.31. The molecule has 2 aliphatic heterocycles. The fourth-order valence-corrected chi connectivity index (χ4v) is 5.40. The Hall–Kier alpha value is -4.10. The Morgan fingerprint density at radius 1 is 1.19 bits per heavy atom. The first kappa shape index (κ1) is 28.0. The number of hydrogen-bond acceptors (Lipinski definition) is 9. The molecule has 14 heteroatoms. The van der Waals surface area contributed by atoms with Crippen LogP contribution in [0.4, 0.5) is 14.6 Å². The van der Waals surface area contributed by atoms with E-state index in [0.29, 0.717) is 74.2 Å². The standard InChI is InChI=1S/C28H29ClF2N8O3/c1-3-21(40)38-10-12-39(13-11-38)25-17-4-7-32-26(42-24-18-15-33-36-20(18)14-19(30)22(24)29)23(17)34-27(35-25)41-16-28(31)5-8-37(2)9-6-28/h3-4,7,14-15H,1,5-6,8-13,16H2,2H3,(H,33,36). The van der Waals surface area contributed by atoms with Crippen molar-refractivity contribution in [3.05, 3.63) is 48.0 Å². The maximum atomic E-state index is 15.6. The third-order valence-electron chi connectivity index (χ3n) is 7.74. The molecule has 2 aliphatic rings. The van der Waals surface area contributed by atoms with Gasteiger partial charge in [0.15, 0.2) is 5.75 Å². The number of nitrogens with zero attached hydrogens (tertiary/aromatic N) is 7. The molecule has 11 nitrogen and oxygen atoms in total. The van der Waals surface area contributed by atoms with Crippen LogP contribution >= 0.6 is 11.6 Å². The third kappa shape index (κ3) is 5.41. The number of amides is 1. The molecule has 0 saturated carbocycles. The SMILES string of the molecule is C=CC(=O)N1CCN(c2nc(OCC3(F)CCN(C)CC3)nc3c(Oc4c(Cl)c(F)cc5[nH]ncc45)nccc23)CC1. The molecule has 42 heavy (non-hydrogen) atoms. The van der Waals surface area contributed by atoms with Crippen molar-refractivity contribution in [2.45, 2.75) is 18.5 Å². The van der Waals surface area contributed by atoms with Crippen LogP contribution in [0.5, 0.6) is 17.6 Å². The van der Waals surface area contributed by atoms with Gasteiger partial charge < -0.3 is 24.2 Å². The first-order valence-corrected chi connectivity index (χ1v) is 13.9. The minimum atomic E-state index is -1.52. The van der Waals surface area contributed by atoms with Gasteiger partial charge in [0.05, 0.1) is 22.5 Å². The Balaban J connectivity index is 1.39. The Morgan fingerprint density at radius 2 is 1.95 bits per heavy atom. The van der Waals surface area contributed by atoms with Crippen molar-refractivity contribution in [2.24, 2.45) is 0 Å². The van der Waals surface area contributed by atoms with E-state index < -0.39 is 11.5 Å². The highest BCUT2D eigenvalue weighted by Gasteiger charge is 2.35. The van der Waals surface area contributed by atoms with Crippen LogP contribution in [-0.4, -0.2) is 99.4 Å². The van der Waals surface area contributed by atoms with Crippen molar-refractivity contribution in [2.75, 3.05) is 57.8 Å². The molecule has 6 rings (SSSR count). The molecule has 1 amide bonds. The van der Waals surface area contributed by atoms with E-state index in [9.17, 15) is 9.18 Å². The molecule has 1 aromatic carbocycles. The van der Waals surface area contributed by atoms with Crippen molar-refractivity contribution in [3.8, 4) is 17.6 Å². The molecule has 0 aliphatic carbocycles. The van der Waals surface area contributed by atoms with Gasteiger partial charge in [-0.25, -0.2) is 13.8 Å². The summed E-state index contributed by atoms with van der Waals surface area (Å²) in [6.45, 7) is 6.48. The lowest BCUT2D eigenvalue weighted by Crippen LogP contribution is -2.48. The number of likely N-dealkylation sites (tertiary alicyclic amines) is 1. The summed E-state index contributed by atoms with van der Waals surface area (Å²) in [5, 5.41) is 7.48. The number of H-pyrrole nitrogens is 1. The average molecular weight is 599 g/mol. The Labute approximate surface area is 245 Å². The molecule has 0 unspecified atom stereocenters. The number of hydrogen-bond donors (Lipinski definition) is 1. The maximum Gasteiger partial charge on any atom is 0.319 e. The highest BCUT2D eigenvalue weighted by Crippen LogP contribution is 2.40. The van der Waals surface area contributed by atoms with Gasteiger partial charge in [-0.3, -0.25) is 9.89 Å². The summed E-state index contributed by atoms with van der Waals surface area (Å²) in [5.41, 5.74) is -0.849. The number of ether oxygens (including phenoxy) is 2. The van der Waals surface area contributed by atoms with Crippen LogP contribution in [0.3, 0.4) is 0 Å². The number of alkyl halides is 1. The zero-order valence-corrected chi connectivity index (χ0v) is 23.7. The number of benzene rings is 1. The number of halogens is 3. The van der Waals surface area contributed by atoms with E-state index in [-0.39, 0.29) is 40.7 Å². The Bertz CT molecular complexity index is 1650. The minimum Gasteiger partial charge on any atom is -0.460 e. The third-order valence-corrected chi connectivity index (χ3v) is 8.09. The second kappa shape index (κ2) is 11.3.